The van der Waals surface area contributed by atoms with Crippen molar-refractivity contribution in [2.45, 2.75) is 46.0 Å². The highest BCUT2D eigenvalue weighted by Gasteiger charge is 2.19. The highest BCUT2D eigenvalue weighted by molar-refractivity contribution is 5.75. The maximum atomic E-state index is 11.7. The Labute approximate surface area is 116 Å². The maximum Gasteiger partial charge on any atom is 0.244 e. The molecule has 1 aromatic carbocycles. The van der Waals surface area contributed by atoms with E-state index in [4.69, 9.17) is 0 Å². The number of benzene rings is 1. The fourth-order valence-corrected chi connectivity index (χ4v) is 2.22. The predicted octanol–water partition coefficient (Wildman–Crippen LogP) is 3.62. The minimum Gasteiger partial charge on any atom is -0.277 e. The van der Waals surface area contributed by atoms with Gasteiger partial charge in [0.2, 0.25) is 5.91 Å². The molecule has 3 nitrogen and oxygen atoms in total. The van der Waals surface area contributed by atoms with E-state index in [0.29, 0.717) is 18.3 Å². The maximum absolute atomic E-state index is 11.7. The van der Waals surface area contributed by atoms with Gasteiger partial charge in [-0.25, -0.2) is 5.48 Å². The van der Waals surface area contributed by atoms with Gasteiger partial charge in [0.15, 0.2) is 0 Å². The van der Waals surface area contributed by atoms with Crippen LogP contribution in [0.5, 0.6) is 0 Å². The average molecular weight is 263 g/mol. The molecule has 1 atom stereocenters. The first-order valence-electron chi connectivity index (χ1n) is 6.87. The molecule has 0 bridgehead atoms. The topological polar surface area (TPSA) is 38.3 Å². The van der Waals surface area contributed by atoms with Crippen LogP contribution in [-0.2, 0) is 9.63 Å². The highest BCUT2D eigenvalue weighted by atomic mass is 16.6. The summed E-state index contributed by atoms with van der Waals surface area (Å²) in [6.45, 7) is 8.64. The van der Waals surface area contributed by atoms with E-state index in [-0.39, 0.29) is 11.8 Å². The summed E-state index contributed by atoms with van der Waals surface area (Å²) in [5.41, 5.74) is 4.93. The molecule has 0 spiro atoms. The van der Waals surface area contributed by atoms with Gasteiger partial charge >= 0.3 is 0 Å². The summed E-state index contributed by atoms with van der Waals surface area (Å²) in [7, 11) is 1.46. The van der Waals surface area contributed by atoms with Gasteiger partial charge in [-0.15, -0.1) is 0 Å². The Morgan fingerprint density at radius 3 is 2.05 bits per heavy atom. The molecule has 1 unspecified atom stereocenters. The molecule has 106 valence electrons. The second kappa shape index (κ2) is 7.29. The van der Waals surface area contributed by atoms with Crippen molar-refractivity contribution >= 4 is 5.91 Å². The predicted molar refractivity (Wildman–Crippen MR) is 77.9 cm³/mol. The Kier molecular flexibility index (Phi) is 6.03. The molecule has 0 aliphatic heterocycles. The Morgan fingerprint density at radius 2 is 1.63 bits per heavy atom. The molecule has 0 heterocycles. The lowest BCUT2D eigenvalue weighted by atomic mass is 9.84. The number of hydrogen-bond acceptors (Lipinski definition) is 2. The summed E-state index contributed by atoms with van der Waals surface area (Å²) < 4.78 is 0. The van der Waals surface area contributed by atoms with Crippen molar-refractivity contribution in [3.63, 3.8) is 0 Å². The fraction of sp³-hybridized carbons (Fsp3) is 0.562. The van der Waals surface area contributed by atoms with Gasteiger partial charge in [-0.3, -0.25) is 9.63 Å². The van der Waals surface area contributed by atoms with Crippen molar-refractivity contribution in [1.29, 1.82) is 0 Å². The van der Waals surface area contributed by atoms with E-state index in [2.05, 4.69) is 62.3 Å². The molecule has 0 aliphatic carbocycles. The molecule has 0 saturated carbocycles. The quantitative estimate of drug-likeness (QED) is 0.796. The van der Waals surface area contributed by atoms with E-state index in [0.717, 1.165) is 0 Å². The smallest absolute Gasteiger partial charge is 0.244 e. The second-order valence-electron chi connectivity index (χ2n) is 5.61. The van der Waals surface area contributed by atoms with Crippen molar-refractivity contribution in [3.8, 4) is 0 Å². The molecule has 0 radical (unpaired) electrons. The Morgan fingerprint density at radius 1 is 1.11 bits per heavy atom. The van der Waals surface area contributed by atoms with Gasteiger partial charge in [0, 0.05) is 6.42 Å². The Hall–Kier alpha value is -1.35. The van der Waals surface area contributed by atoms with E-state index in [1.165, 1.54) is 18.2 Å². The lowest BCUT2D eigenvalue weighted by molar-refractivity contribution is -0.131. The van der Waals surface area contributed by atoms with Crippen LogP contribution in [0, 0.1) is 5.92 Å². The third-order valence-corrected chi connectivity index (χ3v) is 3.46. The third kappa shape index (κ3) is 4.67. The first-order valence-corrected chi connectivity index (χ1v) is 6.87. The van der Waals surface area contributed by atoms with Crippen LogP contribution in [0.3, 0.4) is 0 Å². The lowest BCUT2D eigenvalue weighted by Gasteiger charge is -2.21. The summed E-state index contributed by atoms with van der Waals surface area (Å²) in [4.78, 5) is 16.3. The zero-order valence-corrected chi connectivity index (χ0v) is 12.6. The van der Waals surface area contributed by atoms with Gasteiger partial charge in [-0.2, -0.15) is 0 Å². The number of carbonyl (C=O) groups excluding carboxylic acids is 1. The SMILES string of the molecule is CONC(=O)CC(c1ccc(C(C)C)cc1)C(C)C. The molecule has 19 heavy (non-hydrogen) atoms. The van der Waals surface area contributed by atoms with Crippen molar-refractivity contribution in [1.82, 2.24) is 5.48 Å². The van der Waals surface area contributed by atoms with Gasteiger partial charge < -0.3 is 0 Å². The molecule has 0 fully saturated rings. The van der Waals surface area contributed by atoms with Crippen LogP contribution in [0.15, 0.2) is 24.3 Å². The van der Waals surface area contributed by atoms with Crippen molar-refractivity contribution in [2.75, 3.05) is 7.11 Å². The Balaban J connectivity index is 2.84. The molecule has 1 N–H and O–H groups in total. The molecule has 0 saturated heterocycles. The summed E-state index contributed by atoms with van der Waals surface area (Å²) in [6, 6.07) is 8.59. The van der Waals surface area contributed by atoms with E-state index in [9.17, 15) is 4.79 Å². The lowest BCUT2D eigenvalue weighted by Crippen LogP contribution is -2.25. The first-order chi connectivity index (χ1) is 8.95. The number of amides is 1. The number of nitrogens with one attached hydrogen (secondary N) is 1. The van der Waals surface area contributed by atoms with Crippen LogP contribution in [0.25, 0.3) is 0 Å². The molecule has 0 aromatic heterocycles. The first kappa shape index (κ1) is 15.7. The van der Waals surface area contributed by atoms with E-state index < -0.39 is 0 Å². The molecule has 0 aliphatic rings. The summed E-state index contributed by atoms with van der Waals surface area (Å²) in [5.74, 6) is 1.08. The molecule has 1 aromatic rings. The second-order valence-corrected chi connectivity index (χ2v) is 5.61. The summed E-state index contributed by atoms with van der Waals surface area (Å²) in [5, 5.41) is 0. The number of rotatable bonds is 6. The average Bonchev–Trinajstić information content (AvgIpc) is 2.36. The van der Waals surface area contributed by atoms with Crippen molar-refractivity contribution in [2.24, 2.45) is 5.92 Å². The normalized spacial score (nSPS) is 12.8. The molecule has 1 amide bonds. The summed E-state index contributed by atoms with van der Waals surface area (Å²) >= 11 is 0. The van der Waals surface area contributed by atoms with Crippen molar-refractivity contribution < 1.29 is 9.63 Å². The third-order valence-electron chi connectivity index (χ3n) is 3.46. The molecular formula is C16H25NO2. The van der Waals surface area contributed by atoms with Gasteiger partial charge in [0.05, 0.1) is 7.11 Å². The fourth-order valence-electron chi connectivity index (χ4n) is 2.22. The zero-order chi connectivity index (χ0) is 14.4. The summed E-state index contributed by atoms with van der Waals surface area (Å²) in [6.07, 6.45) is 0.451. The Bertz CT molecular complexity index is 396. The van der Waals surface area contributed by atoms with Crippen molar-refractivity contribution in [3.05, 3.63) is 35.4 Å². The van der Waals surface area contributed by atoms with Crippen LogP contribution in [0.4, 0.5) is 0 Å². The van der Waals surface area contributed by atoms with Crippen LogP contribution in [0.1, 0.15) is 57.1 Å². The van der Waals surface area contributed by atoms with E-state index >= 15 is 0 Å². The molecular weight excluding hydrogens is 238 g/mol. The van der Waals surface area contributed by atoms with Gasteiger partial charge in [0.1, 0.15) is 0 Å². The molecule has 1 rings (SSSR count). The van der Waals surface area contributed by atoms with Crippen LogP contribution in [0.2, 0.25) is 0 Å². The minimum atomic E-state index is -0.0749. The number of hydroxylamine groups is 1. The van der Waals surface area contributed by atoms with E-state index in [1.54, 1.807) is 0 Å². The van der Waals surface area contributed by atoms with E-state index in [1.807, 2.05) is 0 Å². The van der Waals surface area contributed by atoms with Gasteiger partial charge in [0.25, 0.3) is 0 Å². The number of carbonyl (C=O) groups is 1. The zero-order valence-electron chi connectivity index (χ0n) is 12.6. The van der Waals surface area contributed by atoms with Crippen LogP contribution >= 0.6 is 0 Å². The monoisotopic (exact) mass is 263 g/mol. The minimum absolute atomic E-state index is 0.0749. The van der Waals surface area contributed by atoms with Crippen LogP contribution < -0.4 is 5.48 Å². The molecule has 3 heteroatoms. The van der Waals surface area contributed by atoms with Gasteiger partial charge in [-0.05, 0) is 28.9 Å². The number of hydrogen-bond donors (Lipinski definition) is 1. The largest absolute Gasteiger partial charge is 0.277 e. The van der Waals surface area contributed by atoms with Crippen LogP contribution in [-0.4, -0.2) is 13.0 Å². The highest BCUT2D eigenvalue weighted by Crippen LogP contribution is 2.29. The van der Waals surface area contributed by atoms with Gasteiger partial charge in [-0.1, -0.05) is 52.0 Å². The standard InChI is InChI=1S/C16H25NO2/c1-11(2)13-6-8-14(9-7-13)15(12(3)4)10-16(18)17-19-5/h6-9,11-12,15H,10H2,1-5H3,(H,17,18).